The van der Waals surface area contributed by atoms with Crippen molar-refractivity contribution in [3.8, 4) is 11.1 Å². The van der Waals surface area contributed by atoms with E-state index in [0.29, 0.717) is 6.07 Å². The van der Waals surface area contributed by atoms with Crippen LogP contribution in [-0.4, -0.2) is 56.3 Å². The number of anilines is 1. The van der Waals surface area contributed by atoms with Gasteiger partial charge in [-0.1, -0.05) is 12.6 Å². The van der Waals surface area contributed by atoms with Gasteiger partial charge in [0.1, 0.15) is 17.5 Å². The third-order valence-corrected chi connectivity index (χ3v) is 9.59. The standard InChI is InChI=1S/C32H28F5N5O2S/c1-4-26(43)42-17(2)13-40(14-18(42)3)30-23-11-24(32(35,36)37)27(22-8-7-21(33)10-25(22)34)29-28(23)41(31(44)39-30)15-20(16-45-29)19-6-5-9-38-12-19/h4-12,17-18,20H,1,13-16H2,2-3H3/t17-,18+,20-/m0/s1. The molecule has 1 fully saturated rings. The molecule has 234 valence electrons. The second-order valence-electron chi connectivity index (χ2n) is 11.3. The fourth-order valence-electron chi connectivity index (χ4n) is 6.44. The SMILES string of the molecule is C=CC(=O)N1[C@H](C)CN(c2nc(=O)n3c4c(c(-c5ccc(F)cc5F)c(C(F)(F)F)cc24)SC[C@@H](c2cccnc2)C3)C[C@@H]1C. The predicted molar refractivity (Wildman–Crippen MR) is 162 cm³/mol. The summed E-state index contributed by atoms with van der Waals surface area (Å²) in [4.78, 5) is 38.3. The van der Waals surface area contributed by atoms with Gasteiger partial charge in [0.2, 0.25) is 5.91 Å². The van der Waals surface area contributed by atoms with E-state index in [9.17, 15) is 27.2 Å². The Morgan fingerprint density at radius 1 is 1.09 bits per heavy atom. The third-order valence-electron chi connectivity index (χ3n) is 8.34. The van der Waals surface area contributed by atoms with Gasteiger partial charge in [0.25, 0.3) is 0 Å². The van der Waals surface area contributed by atoms with Crippen molar-refractivity contribution in [3.63, 3.8) is 0 Å². The lowest BCUT2D eigenvalue weighted by Crippen LogP contribution is -2.58. The van der Waals surface area contributed by atoms with E-state index < -0.39 is 40.2 Å². The van der Waals surface area contributed by atoms with Crippen molar-refractivity contribution in [1.82, 2.24) is 19.4 Å². The Kier molecular flexibility index (Phi) is 7.92. The topological polar surface area (TPSA) is 71.3 Å². The lowest BCUT2D eigenvalue weighted by molar-refractivity contribution is -0.137. The smallest absolute Gasteiger partial charge is 0.352 e. The highest BCUT2D eigenvalue weighted by Gasteiger charge is 2.40. The molecular formula is C32H28F5N5O2S. The van der Waals surface area contributed by atoms with Crippen molar-refractivity contribution in [1.29, 1.82) is 0 Å². The van der Waals surface area contributed by atoms with Crippen molar-refractivity contribution in [2.75, 3.05) is 23.7 Å². The van der Waals surface area contributed by atoms with Crippen LogP contribution < -0.4 is 10.6 Å². The lowest BCUT2D eigenvalue weighted by atomic mass is 9.95. The van der Waals surface area contributed by atoms with Crippen LogP contribution in [0.1, 0.15) is 30.9 Å². The number of amides is 1. The highest BCUT2D eigenvalue weighted by molar-refractivity contribution is 7.99. The first kappa shape index (κ1) is 30.8. The van der Waals surface area contributed by atoms with Gasteiger partial charge in [-0.25, -0.2) is 13.6 Å². The zero-order valence-electron chi connectivity index (χ0n) is 24.3. The summed E-state index contributed by atoms with van der Waals surface area (Å²) in [6.07, 6.45) is -0.497. The molecule has 4 aromatic rings. The Labute approximate surface area is 259 Å². The van der Waals surface area contributed by atoms with Crippen LogP contribution in [0.15, 0.2) is 71.1 Å². The van der Waals surface area contributed by atoms with Gasteiger partial charge in [-0.05, 0) is 49.8 Å². The van der Waals surface area contributed by atoms with Crippen LogP contribution in [0.4, 0.5) is 27.8 Å². The van der Waals surface area contributed by atoms with Crippen molar-refractivity contribution < 1.29 is 26.7 Å². The number of hydrogen-bond donors (Lipinski definition) is 0. The molecule has 13 heteroatoms. The van der Waals surface area contributed by atoms with Crippen LogP contribution >= 0.6 is 11.8 Å². The van der Waals surface area contributed by atoms with Gasteiger partial charge in [0.15, 0.2) is 0 Å². The van der Waals surface area contributed by atoms with E-state index in [1.54, 1.807) is 42.1 Å². The number of thioether (sulfide) groups is 1. The normalized spacial score (nSPS) is 20.3. The summed E-state index contributed by atoms with van der Waals surface area (Å²) < 4.78 is 75.4. The van der Waals surface area contributed by atoms with Gasteiger partial charge in [0, 0.05) is 83.3 Å². The summed E-state index contributed by atoms with van der Waals surface area (Å²) in [6.45, 7) is 7.67. The van der Waals surface area contributed by atoms with Gasteiger partial charge in [-0.15, -0.1) is 11.8 Å². The molecule has 0 N–H and O–H groups in total. The van der Waals surface area contributed by atoms with E-state index >= 15 is 4.39 Å². The van der Waals surface area contributed by atoms with Crippen LogP contribution in [0, 0.1) is 11.6 Å². The summed E-state index contributed by atoms with van der Waals surface area (Å²) >= 11 is 1.08. The fraction of sp³-hybridized carbons (Fsp3) is 0.312. The summed E-state index contributed by atoms with van der Waals surface area (Å²) in [7, 11) is 0. The molecule has 45 heavy (non-hydrogen) atoms. The maximum Gasteiger partial charge on any atom is 0.417 e. The van der Waals surface area contributed by atoms with Gasteiger partial charge in [-0.2, -0.15) is 18.2 Å². The minimum absolute atomic E-state index is 0.0500. The molecule has 2 aromatic carbocycles. The number of nitrogens with zero attached hydrogens (tertiary/aromatic N) is 5. The highest BCUT2D eigenvalue weighted by atomic mass is 32.2. The van der Waals surface area contributed by atoms with E-state index in [2.05, 4.69) is 16.5 Å². The molecule has 2 aromatic heterocycles. The monoisotopic (exact) mass is 641 g/mol. The molecule has 4 heterocycles. The van der Waals surface area contributed by atoms with Crippen LogP contribution in [0.2, 0.25) is 0 Å². The first-order chi connectivity index (χ1) is 21.4. The zero-order chi connectivity index (χ0) is 32.2. The molecule has 1 amide bonds. The number of rotatable bonds is 4. The Balaban J connectivity index is 1.65. The van der Waals surface area contributed by atoms with Crippen LogP contribution in [0.3, 0.4) is 0 Å². The molecule has 0 unspecified atom stereocenters. The van der Waals surface area contributed by atoms with Gasteiger partial charge in [-0.3, -0.25) is 14.3 Å². The second kappa shape index (κ2) is 11.6. The lowest BCUT2D eigenvalue weighted by Gasteiger charge is -2.44. The van der Waals surface area contributed by atoms with Gasteiger partial charge < -0.3 is 9.80 Å². The van der Waals surface area contributed by atoms with Gasteiger partial charge >= 0.3 is 11.9 Å². The molecule has 6 rings (SSSR count). The molecule has 1 saturated heterocycles. The Hall–Kier alpha value is -4.26. The summed E-state index contributed by atoms with van der Waals surface area (Å²) in [6, 6.07) is 6.18. The third kappa shape index (κ3) is 5.47. The molecule has 0 aliphatic carbocycles. The van der Waals surface area contributed by atoms with Gasteiger partial charge in [0.05, 0.1) is 11.1 Å². The average Bonchev–Trinajstić information content (AvgIpc) is 3.20. The zero-order valence-corrected chi connectivity index (χ0v) is 25.1. The molecule has 0 saturated carbocycles. The van der Waals surface area contributed by atoms with Crippen molar-refractivity contribution >= 4 is 34.4 Å². The van der Waals surface area contributed by atoms with Crippen molar-refractivity contribution in [2.45, 2.75) is 49.5 Å². The number of carbonyl (C=O) groups excluding carboxylic acids is 1. The number of carbonyl (C=O) groups is 1. The predicted octanol–water partition coefficient (Wildman–Crippen LogP) is 6.26. The number of alkyl halides is 3. The number of pyridine rings is 1. The quantitative estimate of drug-likeness (QED) is 0.194. The van der Waals surface area contributed by atoms with Crippen molar-refractivity contribution in [2.24, 2.45) is 0 Å². The maximum absolute atomic E-state index is 15.3. The Bertz CT molecular complexity index is 1870. The summed E-state index contributed by atoms with van der Waals surface area (Å²) in [5.41, 5.74) is -1.72. The first-order valence-electron chi connectivity index (χ1n) is 14.3. The van der Waals surface area contributed by atoms with E-state index in [4.69, 9.17) is 0 Å². The molecule has 2 aliphatic heterocycles. The van der Waals surface area contributed by atoms with Crippen LogP contribution in [0.25, 0.3) is 22.0 Å². The minimum atomic E-state index is -4.94. The number of halogens is 5. The second-order valence-corrected chi connectivity index (χ2v) is 12.4. The molecule has 0 radical (unpaired) electrons. The fourth-order valence-corrected chi connectivity index (χ4v) is 7.83. The molecule has 0 bridgehead atoms. The molecule has 3 atom stereocenters. The van der Waals surface area contributed by atoms with Crippen LogP contribution in [0.5, 0.6) is 0 Å². The largest absolute Gasteiger partial charge is 0.417 e. The van der Waals surface area contributed by atoms with E-state index in [1.807, 2.05) is 6.07 Å². The van der Waals surface area contributed by atoms with Crippen molar-refractivity contribution in [3.05, 3.63) is 94.7 Å². The number of benzene rings is 2. The average molecular weight is 642 g/mol. The minimum Gasteiger partial charge on any atom is -0.352 e. The Morgan fingerprint density at radius 2 is 1.82 bits per heavy atom. The number of aromatic nitrogens is 3. The number of piperazine rings is 1. The summed E-state index contributed by atoms with van der Waals surface area (Å²) in [5.74, 6) is -2.39. The maximum atomic E-state index is 15.3. The molecule has 7 nitrogen and oxygen atoms in total. The van der Waals surface area contributed by atoms with Crippen LogP contribution in [-0.2, 0) is 17.5 Å². The first-order valence-corrected chi connectivity index (χ1v) is 15.2. The molecular weight excluding hydrogens is 613 g/mol. The van der Waals surface area contributed by atoms with E-state index in [0.717, 1.165) is 35.5 Å². The highest BCUT2D eigenvalue weighted by Crippen LogP contribution is 2.50. The van der Waals surface area contributed by atoms with E-state index in [-0.39, 0.29) is 70.9 Å². The summed E-state index contributed by atoms with van der Waals surface area (Å²) in [5, 5.41) is 0.0745. The Morgan fingerprint density at radius 3 is 2.44 bits per heavy atom. The molecule has 2 aliphatic rings. The number of hydrogen-bond acceptors (Lipinski definition) is 6. The molecule has 0 spiro atoms. The van der Waals surface area contributed by atoms with E-state index in [1.165, 1.54) is 10.6 Å².